The highest BCUT2D eigenvalue weighted by Gasteiger charge is 2.61. The molecule has 144 valence electrons. The number of aliphatic hydroxyl groups is 2. The van der Waals surface area contributed by atoms with Crippen molar-refractivity contribution in [3.8, 4) is 0 Å². The largest absolute Gasteiger partial charge is 0.393 e. The van der Waals surface area contributed by atoms with Gasteiger partial charge in [0.25, 0.3) is 5.91 Å². The van der Waals surface area contributed by atoms with Gasteiger partial charge in [-0.25, -0.2) is 15.0 Å². The number of aromatic nitrogens is 4. The van der Waals surface area contributed by atoms with Crippen LogP contribution in [0.4, 0.5) is 5.82 Å². The Morgan fingerprint density at radius 2 is 2.11 bits per heavy atom. The van der Waals surface area contributed by atoms with E-state index in [1.54, 1.807) is 28.8 Å². The molecule has 28 heavy (non-hydrogen) atoms. The smallest absolute Gasteiger partial charge is 0.256 e. The fourth-order valence-electron chi connectivity index (χ4n) is 3.65. The predicted molar refractivity (Wildman–Crippen MR) is 95.4 cm³/mol. The number of hydrogen-bond donors (Lipinski definition) is 3. The van der Waals surface area contributed by atoms with Crippen LogP contribution in [-0.4, -0.2) is 66.7 Å². The van der Waals surface area contributed by atoms with Crippen molar-refractivity contribution >= 4 is 22.9 Å². The number of imidazole rings is 1. The third-order valence-electron chi connectivity index (χ3n) is 5.18. The van der Waals surface area contributed by atoms with E-state index >= 15 is 0 Å². The van der Waals surface area contributed by atoms with Crippen LogP contribution >= 0.6 is 0 Å². The lowest BCUT2D eigenvalue weighted by Gasteiger charge is -2.29. The number of nitrogens with zero attached hydrogens (tertiary/aromatic N) is 4. The van der Waals surface area contributed by atoms with Crippen LogP contribution in [0.25, 0.3) is 11.2 Å². The van der Waals surface area contributed by atoms with E-state index < -0.39 is 24.0 Å². The zero-order valence-electron chi connectivity index (χ0n) is 14.6. The van der Waals surface area contributed by atoms with Gasteiger partial charge in [-0.15, -0.1) is 0 Å². The van der Waals surface area contributed by atoms with Crippen molar-refractivity contribution < 1.29 is 24.5 Å². The molecule has 5 rings (SSSR count). The van der Waals surface area contributed by atoms with Crippen molar-refractivity contribution in [1.82, 2.24) is 19.5 Å². The van der Waals surface area contributed by atoms with Crippen LogP contribution in [0.5, 0.6) is 0 Å². The van der Waals surface area contributed by atoms with Crippen molar-refractivity contribution in [2.45, 2.75) is 24.0 Å². The molecule has 10 heteroatoms. The molecule has 4 atom stereocenters. The second-order valence-electron chi connectivity index (χ2n) is 6.82. The molecule has 2 fully saturated rings. The molecule has 1 aromatic carbocycles. The predicted octanol–water partition coefficient (Wildman–Crippen LogP) is 0.0982. The number of carbonyl (C=O) groups excluding carboxylic acids is 1. The van der Waals surface area contributed by atoms with E-state index in [2.05, 4.69) is 20.3 Å². The van der Waals surface area contributed by atoms with Gasteiger partial charge in [-0.3, -0.25) is 9.36 Å². The molecule has 2 aliphatic heterocycles. The number of ether oxygens (including phenoxy) is 2. The van der Waals surface area contributed by atoms with Crippen LogP contribution in [0.15, 0.2) is 43.0 Å². The molecule has 2 bridgehead atoms. The highest BCUT2D eigenvalue weighted by Crippen LogP contribution is 2.45. The zero-order chi connectivity index (χ0) is 19.3. The topological polar surface area (TPSA) is 132 Å². The zero-order valence-corrected chi connectivity index (χ0v) is 14.6. The lowest BCUT2D eigenvalue weighted by atomic mass is 10.0. The molecule has 0 unspecified atom stereocenters. The molecular formula is C18H17N5O5. The molecule has 0 spiro atoms. The average Bonchev–Trinajstić information content (AvgIpc) is 3.39. The monoisotopic (exact) mass is 383 g/mol. The maximum absolute atomic E-state index is 12.4. The summed E-state index contributed by atoms with van der Waals surface area (Å²) in [4.78, 5) is 25.1. The number of hydrogen-bond acceptors (Lipinski definition) is 8. The van der Waals surface area contributed by atoms with E-state index in [1.165, 1.54) is 12.7 Å². The van der Waals surface area contributed by atoms with Gasteiger partial charge in [0.2, 0.25) is 0 Å². The maximum atomic E-state index is 12.4. The van der Waals surface area contributed by atoms with E-state index in [1.807, 2.05) is 6.07 Å². The van der Waals surface area contributed by atoms with Gasteiger partial charge in [-0.2, -0.15) is 0 Å². The van der Waals surface area contributed by atoms with E-state index in [4.69, 9.17) is 9.47 Å². The summed E-state index contributed by atoms with van der Waals surface area (Å²) in [6.45, 7) is -0.243. The van der Waals surface area contributed by atoms with Gasteiger partial charge >= 0.3 is 0 Å². The minimum absolute atomic E-state index is 0.117. The maximum Gasteiger partial charge on any atom is 0.256 e. The summed E-state index contributed by atoms with van der Waals surface area (Å²) >= 11 is 0. The summed E-state index contributed by atoms with van der Waals surface area (Å²) in [6, 6.07) is 8.76. The minimum atomic E-state index is -1.15. The molecule has 4 heterocycles. The van der Waals surface area contributed by atoms with Gasteiger partial charge in [0.1, 0.15) is 24.1 Å². The minimum Gasteiger partial charge on any atom is -0.393 e. The molecule has 2 aliphatic rings. The lowest BCUT2D eigenvalue weighted by Crippen LogP contribution is -2.44. The van der Waals surface area contributed by atoms with Crippen LogP contribution in [0.3, 0.4) is 0 Å². The Bertz CT molecular complexity index is 1040. The standard InChI is InChI=1S/C18H17N5O5/c24-6-18-7-27-12(13(18)25)17(28-18)23-9-21-11-14(19-8-20-15(11)23)22-16(26)10-4-2-1-3-5-10/h1-5,8-9,12-13,17,24-25H,6-7H2,(H,19,20,22,26)/t12-,13-,17-,18+/m1/s1. The van der Waals surface area contributed by atoms with E-state index in [9.17, 15) is 15.0 Å². The van der Waals surface area contributed by atoms with Gasteiger partial charge in [-0.1, -0.05) is 18.2 Å². The van der Waals surface area contributed by atoms with Crippen molar-refractivity contribution in [3.63, 3.8) is 0 Å². The van der Waals surface area contributed by atoms with Gasteiger partial charge in [-0.05, 0) is 12.1 Å². The number of aliphatic hydroxyl groups excluding tert-OH is 2. The van der Waals surface area contributed by atoms with Crippen LogP contribution < -0.4 is 5.32 Å². The first-order chi connectivity index (χ1) is 13.6. The molecule has 3 aromatic rings. The number of carbonyl (C=O) groups is 1. The SMILES string of the molecule is O=C(Nc1ncnc2c1ncn2[C@@H]1O[C@@]2(CO)CO[C@@H]1[C@H]2O)c1ccccc1. The Hall–Kier alpha value is -2.92. The molecule has 0 saturated carbocycles. The number of anilines is 1. The second kappa shape index (κ2) is 6.31. The van der Waals surface area contributed by atoms with Crippen molar-refractivity contribution in [2.75, 3.05) is 18.5 Å². The Morgan fingerprint density at radius 1 is 1.29 bits per heavy atom. The van der Waals surface area contributed by atoms with Crippen LogP contribution in [0, 0.1) is 0 Å². The van der Waals surface area contributed by atoms with Crippen LogP contribution in [0.1, 0.15) is 16.6 Å². The van der Waals surface area contributed by atoms with Gasteiger partial charge in [0.15, 0.2) is 23.2 Å². The summed E-state index contributed by atoms with van der Waals surface area (Å²) in [5.41, 5.74) is 0.139. The van der Waals surface area contributed by atoms with E-state index in [-0.39, 0.29) is 24.9 Å². The fourth-order valence-corrected chi connectivity index (χ4v) is 3.65. The Balaban J connectivity index is 1.48. The summed E-state index contributed by atoms with van der Waals surface area (Å²) in [5.74, 6) is -0.0524. The van der Waals surface area contributed by atoms with E-state index in [0.29, 0.717) is 16.7 Å². The van der Waals surface area contributed by atoms with Crippen molar-refractivity contribution in [3.05, 3.63) is 48.5 Å². The first-order valence-electron chi connectivity index (χ1n) is 8.75. The molecule has 3 N–H and O–H groups in total. The molecule has 10 nitrogen and oxygen atoms in total. The summed E-state index contributed by atoms with van der Waals surface area (Å²) in [7, 11) is 0. The number of fused-ring (bicyclic) bond motifs is 3. The molecule has 1 amide bonds. The Morgan fingerprint density at radius 3 is 2.86 bits per heavy atom. The first-order valence-corrected chi connectivity index (χ1v) is 8.75. The normalized spacial score (nSPS) is 28.7. The first kappa shape index (κ1) is 17.2. The summed E-state index contributed by atoms with van der Waals surface area (Å²) in [5, 5.41) is 22.8. The van der Waals surface area contributed by atoms with Gasteiger partial charge < -0.3 is 25.0 Å². The Kier molecular flexibility index (Phi) is 3.88. The highest BCUT2D eigenvalue weighted by molar-refractivity contribution is 6.06. The van der Waals surface area contributed by atoms with Crippen LogP contribution in [-0.2, 0) is 9.47 Å². The van der Waals surface area contributed by atoms with Crippen LogP contribution in [0.2, 0.25) is 0 Å². The lowest BCUT2D eigenvalue weighted by molar-refractivity contribution is -0.185. The van der Waals surface area contributed by atoms with Gasteiger partial charge in [0, 0.05) is 5.56 Å². The molecular weight excluding hydrogens is 366 g/mol. The molecule has 0 radical (unpaired) electrons. The number of amides is 1. The average molecular weight is 383 g/mol. The van der Waals surface area contributed by atoms with Crippen molar-refractivity contribution in [2.24, 2.45) is 0 Å². The van der Waals surface area contributed by atoms with Crippen molar-refractivity contribution in [1.29, 1.82) is 0 Å². The highest BCUT2D eigenvalue weighted by atomic mass is 16.7. The summed E-state index contributed by atoms with van der Waals surface area (Å²) < 4.78 is 13.1. The molecule has 0 aliphatic carbocycles. The third-order valence-corrected chi connectivity index (χ3v) is 5.18. The van der Waals surface area contributed by atoms with Gasteiger partial charge in [0.05, 0.1) is 19.5 Å². The molecule has 2 aromatic heterocycles. The third kappa shape index (κ3) is 2.43. The quantitative estimate of drug-likeness (QED) is 0.578. The fraction of sp³-hybridized carbons (Fsp3) is 0.333. The van der Waals surface area contributed by atoms with E-state index in [0.717, 1.165) is 0 Å². The second-order valence-corrected chi connectivity index (χ2v) is 6.82. The Labute approximate surface area is 158 Å². The number of nitrogens with one attached hydrogen (secondary N) is 1. The molecule has 2 saturated heterocycles. The number of rotatable bonds is 4. The summed E-state index contributed by atoms with van der Waals surface area (Å²) in [6.07, 6.45) is 0.492. The number of benzene rings is 1.